The molecule has 0 atom stereocenters. The third-order valence-electron chi connectivity index (χ3n) is 4.02. The van der Waals surface area contributed by atoms with Crippen LogP contribution in [0.2, 0.25) is 34.1 Å². The first-order valence-electron chi connectivity index (χ1n) is 6.17. The van der Waals surface area contributed by atoms with E-state index in [-0.39, 0.29) is 0 Å². The monoisotopic (exact) mass is 419 g/mol. The Hall–Kier alpha value is 0.385. The van der Waals surface area contributed by atoms with Crippen molar-refractivity contribution in [2.45, 2.75) is 61.3 Å². The van der Waals surface area contributed by atoms with Gasteiger partial charge in [-0.05, 0) is 0 Å². The molecule has 0 N–H and O–H groups in total. The Morgan fingerprint density at radius 3 is 1.94 bits per heavy atom. The van der Waals surface area contributed by atoms with E-state index < -0.39 is 24.1 Å². The fourth-order valence-electron chi connectivity index (χ4n) is 2.69. The first kappa shape index (κ1) is 14.4. The van der Waals surface area contributed by atoms with Crippen molar-refractivity contribution in [1.82, 2.24) is 0 Å². The van der Waals surface area contributed by atoms with Crippen molar-refractivity contribution < 1.29 is 16.1 Å². The van der Waals surface area contributed by atoms with Gasteiger partial charge in [-0.15, -0.1) is 0 Å². The van der Waals surface area contributed by atoms with Crippen LogP contribution < -0.4 is 0 Å². The molecule has 1 aliphatic carbocycles. The third kappa shape index (κ3) is 2.62. The van der Waals surface area contributed by atoms with Crippen LogP contribution in [0.4, 0.5) is 0 Å². The van der Waals surface area contributed by atoms with Crippen LogP contribution in [0.1, 0.15) is 27.2 Å². The van der Waals surface area contributed by atoms with Crippen molar-refractivity contribution in [1.29, 1.82) is 0 Å². The molecule has 0 nitrogen and oxygen atoms in total. The zero-order chi connectivity index (χ0) is 12.4. The number of hydrogen-bond donors (Lipinski definition) is 0. The average molecular weight is 420 g/mol. The molecule has 0 amide bonds. The second-order valence-corrected chi connectivity index (χ2v) is 22.0. The molecule has 0 saturated heterocycles. The van der Waals surface area contributed by atoms with Crippen LogP contribution in [-0.4, -0.2) is 8.07 Å². The fraction of sp³-hybridized carbons (Fsp3) is 0.714. The summed E-state index contributed by atoms with van der Waals surface area (Å²) in [5.74, 6) is 0. The summed E-state index contributed by atoms with van der Waals surface area (Å²) >= 11 is -1.53. The van der Waals surface area contributed by atoms with Crippen LogP contribution in [0.5, 0.6) is 0 Å². The van der Waals surface area contributed by atoms with Gasteiger partial charge in [0.2, 0.25) is 0 Å². The Balaban J connectivity index is 3.22. The summed E-state index contributed by atoms with van der Waals surface area (Å²) in [4.78, 5) is 0. The summed E-state index contributed by atoms with van der Waals surface area (Å²) in [6.45, 7) is 7.26. The quantitative estimate of drug-likeness (QED) is 0.513. The van der Waals surface area contributed by atoms with Gasteiger partial charge >= 0.3 is 107 Å². The molecule has 0 aliphatic heterocycles. The van der Waals surface area contributed by atoms with E-state index in [0.717, 1.165) is 0 Å². The van der Waals surface area contributed by atoms with Crippen LogP contribution >= 0.6 is 0 Å². The van der Waals surface area contributed by atoms with E-state index in [4.69, 9.17) is 0 Å². The molecule has 0 bridgehead atoms. The summed E-state index contributed by atoms with van der Waals surface area (Å²) in [7, 11) is -1.12. The van der Waals surface area contributed by atoms with Crippen molar-refractivity contribution in [2.75, 3.05) is 0 Å². The van der Waals surface area contributed by atoms with Crippen molar-refractivity contribution in [3.8, 4) is 0 Å². The molecule has 98 valence electrons. The summed E-state index contributed by atoms with van der Waals surface area (Å²) in [6.07, 6.45) is 6.22. The molecule has 0 aromatic carbocycles. The summed E-state index contributed by atoms with van der Waals surface area (Å²) < 4.78 is 1.91. The van der Waals surface area contributed by atoms with Crippen LogP contribution in [-0.2, 0) is 16.1 Å². The predicted molar refractivity (Wildman–Crippen MR) is 75.6 cm³/mol. The molecule has 0 radical (unpaired) electrons. The van der Waals surface area contributed by atoms with Gasteiger partial charge in [-0.1, -0.05) is 0 Å². The number of allylic oxidation sites excluding steroid dienone is 4. The van der Waals surface area contributed by atoms with E-state index >= 15 is 0 Å². The average Bonchev–Trinajstić information content (AvgIpc) is 2.70. The third-order valence-corrected chi connectivity index (χ3v) is 15.4. The van der Waals surface area contributed by atoms with Gasteiger partial charge in [0.25, 0.3) is 0 Å². The SMILES string of the molecule is CC[Si](CC)(CC)C1=[C]([Pt]([CH3])([CH3])[CH3])CC=C1. The Morgan fingerprint density at radius 2 is 1.56 bits per heavy atom. The van der Waals surface area contributed by atoms with Gasteiger partial charge in [-0.3, -0.25) is 0 Å². The Labute approximate surface area is 106 Å². The molecule has 0 spiro atoms. The van der Waals surface area contributed by atoms with Gasteiger partial charge < -0.3 is 0 Å². The standard InChI is InChI=1S/C11H19Si.3CH3.Pt/c1-4-12(5-2,6-3)11-9-7-8-10-11;;;;/h7,9H,4-6,8H2,1-3H3;3*1H3;. The maximum absolute atomic E-state index is 2.55. The van der Waals surface area contributed by atoms with E-state index in [1.54, 1.807) is 0 Å². The van der Waals surface area contributed by atoms with Gasteiger partial charge in [0.15, 0.2) is 0 Å². The van der Waals surface area contributed by atoms with Gasteiger partial charge in [-0.2, -0.15) is 0 Å². The molecule has 2 heteroatoms. The van der Waals surface area contributed by atoms with Crippen LogP contribution in [0.15, 0.2) is 21.3 Å². The first-order valence-corrected chi connectivity index (χ1v) is 16.7. The maximum atomic E-state index is 2.55. The van der Waals surface area contributed by atoms with Gasteiger partial charge in [0, 0.05) is 0 Å². The van der Waals surface area contributed by atoms with E-state index in [9.17, 15) is 0 Å². The van der Waals surface area contributed by atoms with E-state index in [0.29, 0.717) is 0 Å². The van der Waals surface area contributed by atoms with Crippen LogP contribution in [0, 0.1) is 0 Å². The molecule has 0 aromatic heterocycles. The minimum atomic E-state index is -1.53. The summed E-state index contributed by atoms with van der Waals surface area (Å²) in [6, 6.07) is 4.29. The molecule has 0 saturated carbocycles. The van der Waals surface area contributed by atoms with Gasteiger partial charge in [0.05, 0.1) is 0 Å². The van der Waals surface area contributed by atoms with Crippen molar-refractivity contribution in [3.05, 3.63) is 21.3 Å². The number of hydrogen-bond acceptors (Lipinski definition) is 0. The zero-order valence-corrected chi connectivity index (χ0v) is 15.1. The Kier molecular flexibility index (Phi) is 4.83. The first-order chi connectivity index (χ1) is 7.41. The van der Waals surface area contributed by atoms with Crippen molar-refractivity contribution >= 4 is 8.07 Å². The van der Waals surface area contributed by atoms with Gasteiger partial charge in [-0.25, -0.2) is 0 Å². The summed E-state index contributed by atoms with van der Waals surface area (Å²) in [5.41, 5.74) is 0. The zero-order valence-electron chi connectivity index (χ0n) is 11.8. The molecule has 0 aromatic rings. The number of rotatable bonds is 5. The van der Waals surface area contributed by atoms with Crippen molar-refractivity contribution in [2.24, 2.45) is 0 Å². The Bertz CT molecular complexity index is 295. The van der Waals surface area contributed by atoms with Gasteiger partial charge in [0.1, 0.15) is 0 Å². The van der Waals surface area contributed by atoms with Crippen LogP contribution in [0.3, 0.4) is 0 Å². The van der Waals surface area contributed by atoms with Crippen molar-refractivity contribution in [3.63, 3.8) is 0 Å². The minimum absolute atomic E-state index is 1.12. The fourth-order valence-corrected chi connectivity index (χ4v) is 13.9. The molecule has 1 aliphatic rings. The predicted octanol–water partition coefficient (Wildman–Crippen LogP) is 5.55. The topological polar surface area (TPSA) is 0 Å². The molecule has 0 unspecified atom stereocenters. The van der Waals surface area contributed by atoms with E-state index in [1.807, 2.05) is 9.16 Å². The van der Waals surface area contributed by atoms with E-state index in [2.05, 4.69) is 48.9 Å². The molecule has 1 rings (SSSR count). The molecular formula is C14H28PtSi. The second-order valence-electron chi connectivity index (χ2n) is 5.15. The molecular weight excluding hydrogens is 391 g/mol. The molecule has 16 heavy (non-hydrogen) atoms. The normalized spacial score (nSPS) is 18.4. The molecule has 0 fully saturated rings. The van der Waals surface area contributed by atoms with Crippen LogP contribution in [0.25, 0.3) is 0 Å². The summed E-state index contributed by atoms with van der Waals surface area (Å²) in [5, 5.41) is 9.52. The Morgan fingerprint density at radius 1 is 1.06 bits per heavy atom. The van der Waals surface area contributed by atoms with E-state index in [1.165, 1.54) is 24.6 Å². The second kappa shape index (κ2) is 5.35. The molecule has 0 heterocycles.